The van der Waals surface area contributed by atoms with Crippen LogP contribution in [0.5, 0.6) is 0 Å². The summed E-state index contributed by atoms with van der Waals surface area (Å²) >= 11 is 0. The molecule has 1 aromatic rings. The second kappa shape index (κ2) is 4.79. The molecule has 17 heavy (non-hydrogen) atoms. The van der Waals surface area contributed by atoms with Gasteiger partial charge >= 0.3 is 0 Å². The van der Waals surface area contributed by atoms with E-state index in [-0.39, 0.29) is 0 Å². The summed E-state index contributed by atoms with van der Waals surface area (Å²) in [5, 5.41) is 0. The fourth-order valence-corrected chi connectivity index (χ4v) is 2.45. The van der Waals surface area contributed by atoms with Crippen LogP contribution in [0.2, 0.25) is 0 Å². The highest BCUT2D eigenvalue weighted by atomic mass is 15.1. The molecule has 0 aliphatic heterocycles. The summed E-state index contributed by atoms with van der Waals surface area (Å²) in [7, 11) is 2.20. The summed E-state index contributed by atoms with van der Waals surface area (Å²) in [6.45, 7) is 7.35. The van der Waals surface area contributed by atoms with E-state index < -0.39 is 0 Å². The molecule has 0 saturated heterocycles. The van der Waals surface area contributed by atoms with Crippen LogP contribution in [0.3, 0.4) is 0 Å². The van der Waals surface area contributed by atoms with Crippen molar-refractivity contribution in [2.75, 3.05) is 20.1 Å². The Labute approximate surface area is 105 Å². The molecule has 0 aromatic heterocycles. The Bertz CT molecular complexity index is 394. The largest absolute Gasteiger partial charge is 0.330 e. The molecule has 0 amide bonds. The Balaban J connectivity index is 1.93. The van der Waals surface area contributed by atoms with E-state index in [2.05, 4.69) is 44.0 Å². The van der Waals surface area contributed by atoms with Crippen LogP contribution in [0, 0.1) is 19.3 Å². The average Bonchev–Trinajstić information content (AvgIpc) is 3.04. The maximum atomic E-state index is 5.83. The molecule has 0 unspecified atom stereocenters. The highest BCUT2D eigenvalue weighted by Crippen LogP contribution is 2.45. The van der Waals surface area contributed by atoms with Gasteiger partial charge in [-0.1, -0.05) is 18.2 Å². The Morgan fingerprint density at radius 2 is 1.94 bits per heavy atom. The zero-order valence-electron chi connectivity index (χ0n) is 11.3. The molecule has 0 spiro atoms. The first-order valence-corrected chi connectivity index (χ1v) is 6.49. The quantitative estimate of drug-likeness (QED) is 0.845. The average molecular weight is 232 g/mol. The predicted molar refractivity (Wildman–Crippen MR) is 73.0 cm³/mol. The molecule has 1 fully saturated rings. The number of hydrogen-bond donors (Lipinski definition) is 1. The van der Waals surface area contributed by atoms with Gasteiger partial charge in [0.25, 0.3) is 0 Å². The van der Waals surface area contributed by atoms with Gasteiger partial charge in [-0.3, -0.25) is 0 Å². The van der Waals surface area contributed by atoms with Crippen molar-refractivity contribution >= 4 is 0 Å². The van der Waals surface area contributed by atoms with Crippen LogP contribution < -0.4 is 5.73 Å². The molecule has 2 N–H and O–H groups in total. The number of nitrogens with zero attached hydrogens (tertiary/aromatic N) is 1. The number of rotatable bonds is 5. The highest BCUT2D eigenvalue weighted by Gasteiger charge is 2.41. The molecular formula is C15H24N2. The van der Waals surface area contributed by atoms with Crippen molar-refractivity contribution in [3.63, 3.8) is 0 Å². The van der Waals surface area contributed by atoms with Crippen molar-refractivity contribution in [1.29, 1.82) is 0 Å². The molecule has 1 aromatic carbocycles. The van der Waals surface area contributed by atoms with E-state index >= 15 is 0 Å². The van der Waals surface area contributed by atoms with E-state index in [1.54, 1.807) is 0 Å². The molecule has 0 radical (unpaired) electrons. The van der Waals surface area contributed by atoms with Gasteiger partial charge in [0.15, 0.2) is 0 Å². The Hall–Kier alpha value is -0.860. The molecule has 2 rings (SSSR count). The van der Waals surface area contributed by atoms with Gasteiger partial charge in [0.05, 0.1) is 0 Å². The minimum Gasteiger partial charge on any atom is -0.330 e. The number of benzene rings is 1. The topological polar surface area (TPSA) is 29.3 Å². The summed E-state index contributed by atoms with van der Waals surface area (Å²) in [4.78, 5) is 2.41. The van der Waals surface area contributed by atoms with E-state index in [0.717, 1.165) is 19.6 Å². The molecule has 0 bridgehead atoms. The first kappa shape index (κ1) is 12.6. The van der Waals surface area contributed by atoms with E-state index in [1.165, 1.54) is 29.5 Å². The first-order chi connectivity index (χ1) is 8.04. The second-order valence-corrected chi connectivity index (χ2v) is 5.80. The smallest absolute Gasteiger partial charge is 0.0231 e. The van der Waals surface area contributed by atoms with Gasteiger partial charge in [-0.2, -0.15) is 0 Å². The summed E-state index contributed by atoms with van der Waals surface area (Å²) < 4.78 is 0. The van der Waals surface area contributed by atoms with Crippen molar-refractivity contribution < 1.29 is 0 Å². The minimum absolute atomic E-state index is 0.439. The van der Waals surface area contributed by atoms with Crippen LogP contribution in [0.4, 0.5) is 0 Å². The molecule has 2 heteroatoms. The lowest BCUT2D eigenvalue weighted by Crippen LogP contribution is -2.31. The lowest BCUT2D eigenvalue weighted by Gasteiger charge is -2.22. The number of nitrogens with two attached hydrogens (primary N) is 1. The third-order valence-corrected chi connectivity index (χ3v) is 4.02. The molecule has 1 saturated carbocycles. The van der Waals surface area contributed by atoms with Crippen molar-refractivity contribution in [3.8, 4) is 0 Å². The van der Waals surface area contributed by atoms with Gasteiger partial charge in [-0.15, -0.1) is 0 Å². The summed E-state index contributed by atoms with van der Waals surface area (Å²) in [5.74, 6) is 0. The number of aryl methyl sites for hydroxylation is 2. The van der Waals surface area contributed by atoms with Gasteiger partial charge in [-0.25, -0.2) is 0 Å². The molecule has 0 atom stereocenters. The molecule has 1 aliphatic carbocycles. The Morgan fingerprint density at radius 1 is 1.24 bits per heavy atom. The standard InChI is InChI=1S/C15H24N2/c1-12-4-5-14(8-13(12)2)9-17(3)11-15(10-16)6-7-15/h4-5,8H,6-7,9-11,16H2,1-3H3. The lowest BCUT2D eigenvalue weighted by molar-refractivity contribution is 0.259. The molecule has 2 nitrogen and oxygen atoms in total. The van der Waals surface area contributed by atoms with Gasteiger partial charge in [-0.05, 0) is 62.4 Å². The van der Waals surface area contributed by atoms with Crippen molar-refractivity contribution in [3.05, 3.63) is 34.9 Å². The fourth-order valence-electron chi connectivity index (χ4n) is 2.45. The highest BCUT2D eigenvalue weighted by molar-refractivity contribution is 5.29. The van der Waals surface area contributed by atoms with Gasteiger partial charge in [0, 0.05) is 13.1 Å². The fraction of sp³-hybridized carbons (Fsp3) is 0.600. The third kappa shape index (κ3) is 3.08. The predicted octanol–water partition coefficient (Wildman–Crippen LogP) is 2.47. The van der Waals surface area contributed by atoms with Crippen LogP contribution in [-0.4, -0.2) is 25.0 Å². The SMILES string of the molecule is Cc1ccc(CN(C)CC2(CN)CC2)cc1C. The van der Waals surface area contributed by atoms with Crippen LogP contribution in [0.15, 0.2) is 18.2 Å². The molecule has 94 valence electrons. The monoisotopic (exact) mass is 232 g/mol. The Morgan fingerprint density at radius 3 is 2.47 bits per heavy atom. The zero-order chi connectivity index (χ0) is 12.5. The van der Waals surface area contributed by atoms with Crippen LogP contribution in [-0.2, 0) is 6.54 Å². The van der Waals surface area contributed by atoms with Crippen LogP contribution in [0.1, 0.15) is 29.5 Å². The van der Waals surface area contributed by atoms with E-state index in [4.69, 9.17) is 5.73 Å². The first-order valence-electron chi connectivity index (χ1n) is 6.49. The van der Waals surface area contributed by atoms with Crippen molar-refractivity contribution in [1.82, 2.24) is 4.90 Å². The lowest BCUT2D eigenvalue weighted by atomic mass is 10.0. The van der Waals surface area contributed by atoms with Gasteiger partial charge in [0.2, 0.25) is 0 Å². The normalized spacial score (nSPS) is 17.5. The van der Waals surface area contributed by atoms with E-state index in [1.807, 2.05) is 0 Å². The zero-order valence-corrected chi connectivity index (χ0v) is 11.3. The third-order valence-electron chi connectivity index (χ3n) is 4.02. The summed E-state index contributed by atoms with van der Waals surface area (Å²) in [6, 6.07) is 6.75. The Kier molecular flexibility index (Phi) is 3.55. The maximum Gasteiger partial charge on any atom is 0.0231 e. The van der Waals surface area contributed by atoms with Gasteiger partial charge in [0.1, 0.15) is 0 Å². The van der Waals surface area contributed by atoms with E-state index in [9.17, 15) is 0 Å². The van der Waals surface area contributed by atoms with Gasteiger partial charge < -0.3 is 10.6 Å². The van der Waals surface area contributed by atoms with E-state index in [0.29, 0.717) is 5.41 Å². The molecule has 0 heterocycles. The number of hydrogen-bond acceptors (Lipinski definition) is 2. The molecule has 1 aliphatic rings. The maximum absolute atomic E-state index is 5.83. The van der Waals surface area contributed by atoms with Crippen molar-refractivity contribution in [2.24, 2.45) is 11.1 Å². The molecular weight excluding hydrogens is 208 g/mol. The van der Waals surface area contributed by atoms with Crippen molar-refractivity contribution in [2.45, 2.75) is 33.2 Å². The van der Waals surface area contributed by atoms with Crippen LogP contribution in [0.25, 0.3) is 0 Å². The minimum atomic E-state index is 0.439. The summed E-state index contributed by atoms with van der Waals surface area (Å²) in [5.41, 5.74) is 10.4. The second-order valence-electron chi connectivity index (χ2n) is 5.80. The van der Waals surface area contributed by atoms with Crippen LogP contribution >= 0.6 is 0 Å². The summed E-state index contributed by atoms with van der Waals surface area (Å²) in [6.07, 6.45) is 2.61.